The molecule has 0 saturated heterocycles. The minimum Gasteiger partial charge on any atom is -0.395 e. The van der Waals surface area contributed by atoms with Crippen LogP contribution in [0.2, 0.25) is 0 Å². The summed E-state index contributed by atoms with van der Waals surface area (Å²) in [6.45, 7) is 0.273. The number of pyridine rings is 1. The molecule has 4 nitrogen and oxygen atoms in total. The number of halogens is 1. The summed E-state index contributed by atoms with van der Waals surface area (Å²) in [4.78, 5) is 17.0. The minimum atomic E-state index is -0.188. The van der Waals surface area contributed by atoms with Gasteiger partial charge in [-0.25, -0.2) is 4.98 Å². The smallest absolute Gasteiger partial charge is 0.272 e. The van der Waals surface area contributed by atoms with Crippen molar-refractivity contribution in [3.8, 4) is 0 Å². The first-order chi connectivity index (χ1) is 6.65. The summed E-state index contributed by atoms with van der Waals surface area (Å²) < 4.78 is 0.832. The maximum atomic E-state index is 11.6. The van der Waals surface area contributed by atoms with Gasteiger partial charge < -0.3 is 10.0 Å². The average molecular weight is 259 g/mol. The van der Waals surface area contributed by atoms with Gasteiger partial charge in [0.1, 0.15) is 5.69 Å². The van der Waals surface area contributed by atoms with E-state index in [-0.39, 0.29) is 12.5 Å². The number of hydrogen-bond donors (Lipinski definition) is 1. The number of likely N-dealkylation sites (N-methyl/N-ethyl adjacent to an activating group) is 1. The Bertz CT molecular complexity index is 313. The molecule has 0 fully saturated rings. The highest BCUT2D eigenvalue weighted by Gasteiger charge is 2.11. The summed E-state index contributed by atoms with van der Waals surface area (Å²) in [5.41, 5.74) is 0.379. The lowest BCUT2D eigenvalue weighted by atomic mass is 10.3. The molecule has 0 aliphatic heterocycles. The van der Waals surface area contributed by atoms with Crippen molar-refractivity contribution in [2.45, 2.75) is 0 Å². The lowest BCUT2D eigenvalue weighted by Crippen LogP contribution is -2.30. The third-order valence-corrected chi connectivity index (χ3v) is 2.20. The Morgan fingerprint density at radius 3 is 2.86 bits per heavy atom. The van der Waals surface area contributed by atoms with Gasteiger partial charge in [0, 0.05) is 24.3 Å². The lowest BCUT2D eigenvalue weighted by Gasteiger charge is -2.14. The Morgan fingerprint density at radius 2 is 2.36 bits per heavy atom. The molecule has 0 saturated carbocycles. The second-order valence-electron chi connectivity index (χ2n) is 2.81. The van der Waals surface area contributed by atoms with Gasteiger partial charge in [-0.05, 0) is 28.1 Å². The third kappa shape index (κ3) is 2.78. The van der Waals surface area contributed by atoms with E-state index >= 15 is 0 Å². The third-order valence-electron chi connectivity index (χ3n) is 1.73. The zero-order chi connectivity index (χ0) is 10.6. The highest BCUT2D eigenvalue weighted by Crippen LogP contribution is 2.08. The van der Waals surface area contributed by atoms with Gasteiger partial charge in [0.2, 0.25) is 0 Å². The van der Waals surface area contributed by atoms with Gasteiger partial charge in [-0.2, -0.15) is 0 Å². The van der Waals surface area contributed by atoms with Crippen LogP contribution in [0.3, 0.4) is 0 Å². The standard InChI is InChI=1S/C9H11BrN2O2/c1-12(4-5-13)9(14)8-3-2-7(10)6-11-8/h2-3,6,13H,4-5H2,1H3. The van der Waals surface area contributed by atoms with Gasteiger partial charge in [0.25, 0.3) is 5.91 Å². The van der Waals surface area contributed by atoms with Crippen LogP contribution in [0.25, 0.3) is 0 Å². The fourth-order valence-corrected chi connectivity index (χ4v) is 1.18. The van der Waals surface area contributed by atoms with E-state index in [1.807, 2.05) is 0 Å². The summed E-state index contributed by atoms with van der Waals surface area (Å²) in [6.07, 6.45) is 1.57. The van der Waals surface area contributed by atoms with E-state index in [4.69, 9.17) is 5.11 Å². The molecule has 1 aromatic heterocycles. The molecule has 1 amide bonds. The zero-order valence-electron chi connectivity index (χ0n) is 7.77. The van der Waals surface area contributed by atoms with Crippen LogP contribution in [0.5, 0.6) is 0 Å². The number of carbonyl (C=O) groups excluding carboxylic acids is 1. The molecule has 1 rings (SSSR count). The summed E-state index contributed by atoms with van der Waals surface area (Å²) in [5, 5.41) is 8.65. The van der Waals surface area contributed by atoms with Gasteiger partial charge in [0.05, 0.1) is 6.61 Å². The predicted molar refractivity (Wildman–Crippen MR) is 56.0 cm³/mol. The molecule has 5 heteroatoms. The van der Waals surface area contributed by atoms with E-state index in [9.17, 15) is 4.79 Å². The average Bonchev–Trinajstić information content (AvgIpc) is 2.18. The van der Waals surface area contributed by atoms with Crippen molar-refractivity contribution in [3.05, 3.63) is 28.5 Å². The maximum absolute atomic E-state index is 11.6. The quantitative estimate of drug-likeness (QED) is 0.877. The molecule has 0 spiro atoms. The number of rotatable bonds is 3. The first kappa shape index (κ1) is 11.1. The van der Waals surface area contributed by atoms with Crippen molar-refractivity contribution in [2.75, 3.05) is 20.2 Å². The number of hydrogen-bond acceptors (Lipinski definition) is 3. The number of amides is 1. The number of aliphatic hydroxyl groups is 1. The van der Waals surface area contributed by atoms with Gasteiger partial charge in [0.15, 0.2) is 0 Å². The van der Waals surface area contributed by atoms with Gasteiger partial charge in [-0.3, -0.25) is 4.79 Å². The summed E-state index contributed by atoms with van der Waals surface area (Å²) in [7, 11) is 1.63. The van der Waals surface area contributed by atoms with Crippen LogP contribution in [-0.4, -0.2) is 41.1 Å². The van der Waals surface area contributed by atoms with Crippen molar-refractivity contribution in [1.29, 1.82) is 0 Å². The van der Waals surface area contributed by atoms with Crippen molar-refractivity contribution in [3.63, 3.8) is 0 Å². The summed E-state index contributed by atoms with van der Waals surface area (Å²) >= 11 is 3.23. The Labute approximate surface area is 90.7 Å². The van der Waals surface area contributed by atoms with E-state index in [2.05, 4.69) is 20.9 Å². The second-order valence-corrected chi connectivity index (χ2v) is 3.73. The van der Waals surface area contributed by atoms with Crippen LogP contribution in [0, 0.1) is 0 Å². The first-order valence-corrected chi connectivity index (χ1v) is 4.92. The van der Waals surface area contributed by atoms with Crippen LogP contribution in [0.4, 0.5) is 0 Å². The van der Waals surface area contributed by atoms with Crippen LogP contribution in [0.15, 0.2) is 22.8 Å². The van der Waals surface area contributed by atoms with Gasteiger partial charge >= 0.3 is 0 Å². The minimum absolute atomic E-state index is 0.0429. The Morgan fingerprint density at radius 1 is 1.64 bits per heavy atom. The molecule has 1 heterocycles. The Balaban J connectivity index is 2.74. The molecular weight excluding hydrogens is 248 g/mol. The number of nitrogens with zero attached hydrogens (tertiary/aromatic N) is 2. The van der Waals surface area contributed by atoms with E-state index in [0.717, 1.165) is 4.47 Å². The molecule has 76 valence electrons. The van der Waals surface area contributed by atoms with Gasteiger partial charge in [-0.15, -0.1) is 0 Å². The molecule has 0 unspecified atom stereocenters. The van der Waals surface area contributed by atoms with Crippen molar-refractivity contribution in [1.82, 2.24) is 9.88 Å². The van der Waals surface area contributed by atoms with Crippen molar-refractivity contribution >= 4 is 21.8 Å². The maximum Gasteiger partial charge on any atom is 0.272 e. The number of carbonyl (C=O) groups is 1. The Kier molecular flexibility index (Phi) is 4.03. The highest BCUT2D eigenvalue weighted by molar-refractivity contribution is 9.10. The Hall–Kier alpha value is -0.940. The van der Waals surface area contributed by atoms with Gasteiger partial charge in [-0.1, -0.05) is 0 Å². The normalized spacial score (nSPS) is 9.93. The predicted octanol–water partition coefficient (Wildman–Crippen LogP) is 0.908. The van der Waals surface area contributed by atoms with Crippen molar-refractivity contribution < 1.29 is 9.90 Å². The fraction of sp³-hybridized carbons (Fsp3) is 0.333. The topological polar surface area (TPSA) is 53.4 Å². The molecule has 1 aromatic rings. The second kappa shape index (κ2) is 5.07. The molecule has 0 bridgehead atoms. The molecule has 0 aliphatic rings. The van der Waals surface area contributed by atoms with E-state index in [1.54, 1.807) is 25.4 Å². The fourth-order valence-electron chi connectivity index (χ4n) is 0.949. The molecule has 0 aliphatic carbocycles. The summed E-state index contributed by atoms with van der Waals surface area (Å²) in [5.74, 6) is -0.188. The van der Waals surface area contributed by atoms with Crippen LogP contribution in [0.1, 0.15) is 10.5 Å². The van der Waals surface area contributed by atoms with Crippen LogP contribution >= 0.6 is 15.9 Å². The lowest BCUT2D eigenvalue weighted by molar-refractivity contribution is 0.0761. The molecule has 0 atom stereocenters. The van der Waals surface area contributed by atoms with E-state index in [0.29, 0.717) is 12.2 Å². The zero-order valence-corrected chi connectivity index (χ0v) is 9.36. The SMILES string of the molecule is CN(CCO)C(=O)c1ccc(Br)cn1. The van der Waals surface area contributed by atoms with E-state index < -0.39 is 0 Å². The van der Waals surface area contributed by atoms with Crippen molar-refractivity contribution in [2.24, 2.45) is 0 Å². The monoisotopic (exact) mass is 258 g/mol. The first-order valence-electron chi connectivity index (χ1n) is 4.13. The van der Waals surface area contributed by atoms with Crippen LogP contribution in [-0.2, 0) is 0 Å². The molecule has 0 aromatic carbocycles. The van der Waals surface area contributed by atoms with E-state index in [1.165, 1.54) is 4.90 Å². The molecular formula is C9H11BrN2O2. The molecule has 1 N–H and O–H groups in total. The molecule has 14 heavy (non-hydrogen) atoms. The number of aromatic nitrogens is 1. The van der Waals surface area contributed by atoms with Crippen LogP contribution < -0.4 is 0 Å². The molecule has 0 radical (unpaired) electrons. The number of aliphatic hydroxyl groups excluding tert-OH is 1. The summed E-state index contributed by atoms with van der Waals surface area (Å²) in [6, 6.07) is 3.40. The largest absolute Gasteiger partial charge is 0.395 e. The highest BCUT2D eigenvalue weighted by atomic mass is 79.9.